The molecule has 0 radical (unpaired) electrons. The Morgan fingerprint density at radius 2 is 1.85 bits per heavy atom. The Hall–Kier alpha value is -1.65. The molecule has 0 aliphatic carbocycles. The Labute approximate surface area is 124 Å². The van der Waals surface area contributed by atoms with Gasteiger partial charge in [0, 0.05) is 0 Å². The normalized spacial score (nSPS) is 10.4. The summed E-state index contributed by atoms with van der Waals surface area (Å²) >= 11 is 12.0. The Morgan fingerprint density at radius 3 is 2.55 bits per heavy atom. The summed E-state index contributed by atoms with van der Waals surface area (Å²) in [6.45, 7) is 1.73. The van der Waals surface area contributed by atoms with Gasteiger partial charge in [0.2, 0.25) is 0 Å². The zero-order valence-electron chi connectivity index (χ0n) is 10.3. The van der Waals surface area contributed by atoms with Crippen molar-refractivity contribution in [3.05, 3.63) is 63.1 Å². The van der Waals surface area contributed by atoms with E-state index in [4.69, 9.17) is 23.2 Å². The molecular weight excluding hydrogens is 307 g/mol. The first-order valence-corrected chi connectivity index (χ1v) is 6.37. The van der Waals surface area contributed by atoms with Crippen LogP contribution < -0.4 is 5.32 Å². The number of anilines is 1. The van der Waals surface area contributed by atoms with Crippen LogP contribution in [0.5, 0.6) is 0 Å². The van der Waals surface area contributed by atoms with E-state index >= 15 is 0 Å². The van der Waals surface area contributed by atoms with Crippen molar-refractivity contribution >= 4 is 34.8 Å². The molecule has 2 aromatic rings. The van der Waals surface area contributed by atoms with Gasteiger partial charge >= 0.3 is 0 Å². The summed E-state index contributed by atoms with van der Waals surface area (Å²) in [6, 6.07) is 6.58. The summed E-state index contributed by atoms with van der Waals surface area (Å²) in [7, 11) is 0. The highest BCUT2D eigenvalue weighted by molar-refractivity contribution is 6.40. The van der Waals surface area contributed by atoms with Crippen molar-refractivity contribution in [1.29, 1.82) is 0 Å². The van der Waals surface area contributed by atoms with Crippen LogP contribution in [0.1, 0.15) is 15.9 Å². The van der Waals surface area contributed by atoms with Gasteiger partial charge in [0.05, 0.1) is 21.3 Å². The SMILES string of the molecule is Cc1ccc(Cl)c(NC(=O)c2cccc(F)c2F)c1Cl. The molecule has 2 rings (SSSR count). The first-order valence-electron chi connectivity index (χ1n) is 5.61. The average Bonchev–Trinajstić information content (AvgIpc) is 2.42. The van der Waals surface area contributed by atoms with E-state index in [9.17, 15) is 13.6 Å². The second-order valence-corrected chi connectivity index (χ2v) is 4.89. The number of rotatable bonds is 2. The summed E-state index contributed by atoms with van der Waals surface area (Å²) in [4.78, 5) is 12.0. The van der Waals surface area contributed by atoms with Gasteiger partial charge in [0.15, 0.2) is 11.6 Å². The molecule has 0 fully saturated rings. The van der Waals surface area contributed by atoms with E-state index < -0.39 is 23.1 Å². The van der Waals surface area contributed by atoms with Gasteiger partial charge in [-0.1, -0.05) is 35.3 Å². The molecule has 0 spiro atoms. The zero-order valence-corrected chi connectivity index (χ0v) is 11.8. The van der Waals surface area contributed by atoms with Crippen LogP contribution in [0.25, 0.3) is 0 Å². The number of amides is 1. The molecule has 0 bridgehead atoms. The highest BCUT2D eigenvalue weighted by Crippen LogP contribution is 2.33. The lowest BCUT2D eigenvalue weighted by Gasteiger charge is -2.11. The van der Waals surface area contributed by atoms with Gasteiger partial charge in [0.1, 0.15) is 0 Å². The molecule has 1 N–H and O–H groups in total. The summed E-state index contributed by atoms with van der Waals surface area (Å²) in [5, 5.41) is 2.86. The summed E-state index contributed by atoms with van der Waals surface area (Å²) in [5.74, 6) is -3.14. The van der Waals surface area contributed by atoms with Crippen molar-refractivity contribution in [3.8, 4) is 0 Å². The van der Waals surface area contributed by atoms with Crippen LogP contribution in [-0.2, 0) is 0 Å². The fourth-order valence-electron chi connectivity index (χ4n) is 1.63. The zero-order chi connectivity index (χ0) is 14.9. The molecule has 2 aromatic carbocycles. The number of carbonyl (C=O) groups excluding carboxylic acids is 1. The lowest BCUT2D eigenvalue weighted by atomic mass is 10.1. The van der Waals surface area contributed by atoms with Crippen LogP contribution in [0.3, 0.4) is 0 Å². The second kappa shape index (κ2) is 5.77. The third-order valence-corrected chi connectivity index (χ3v) is 3.52. The maximum absolute atomic E-state index is 13.5. The fourth-order valence-corrected chi connectivity index (χ4v) is 2.10. The molecule has 2 nitrogen and oxygen atoms in total. The Kier molecular flexibility index (Phi) is 4.26. The number of carbonyl (C=O) groups is 1. The number of hydrogen-bond donors (Lipinski definition) is 1. The van der Waals surface area contributed by atoms with E-state index in [1.54, 1.807) is 19.1 Å². The van der Waals surface area contributed by atoms with Crippen LogP contribution in [0.15, 0.2) is 30.3 Å². The van der Waals surface area contributed by atoms with Gasteiger partial charge in [-0.15, -0.1) is 0 Å². The number of nitrogens with one attached hydrogen (secondary N) is 1. The predicted octanol–water partition coefficient (Wildman–Crippen LogP) is 4.83. The van der Waals surface area contributed by atoms with Gasteiger partial charge in [0.25, 0.3) is 5.91 Å². The number of halogens is 4. The Bertz CT molecular complexity index is 689. The third-order valence-electron chi connectivity index (χ3n) is 2.72. The molecule has 0 aliphatic rings. The molecule has 0 saturated heterocycles. The largest absolute Gasteiger partial charge is 0.319 e. The van der Waals surface area contributed by atoms with Crippen molar-refractivity contribution in [2.75, 3.05) is 5.32 Å². The number of hydrogen-bond acceptors (Lipinski definition) is 1. The van der Waals surface area contributed by atoms with E-state index in [0.29, 0.717) is 5.56 Å². The van der Waals surface area contributed by atoms with Crippen LogP contribution in [-0.4, -0.2) is 5.91 Å². The van der Waals surface area contributed by atoms with Crippen LogP contribution >= 0.6 is 23.2 Å². The van der Waals surface area contributed by atoms with Crippen LogP contribution in [0.2, 0.25) is 10.0 Å². The summed E-state index contributed by atoms with van der Waals surface area (Å²) < 4.78 is 26.6. The van der Waals surface area contributed by atoms with E-state index in [2.05, 4.69) is 5.32 Å². The van der Waals surface area contributed by atoms with Crippen LogP contribution in [0.4, 0.5) is 14.5 Å². The van der Waals surface area contributed by atoms with Gasteiger partial charge in [-0.2, -0.15) is 0 Å². The highest BCUT2D eigenvalue weighted by Gasteiger charge is 2.18. The van der Waals surface area contributed by atoms with Gasteiger partial charge in [-0.3, -0.25) is 4.79 Å². The van der Waals surface area contributed by atoms with Crippen molar-refractivity contribution < 1.29 is 13.6 Å². The molecule has 1 amide bonds. The lowest BCUT2D eigenvalue weighted by Crippen LogP contribution is -2.15. The van der Waals surface area contributed by atoms with E-state index in [0.717, 1.165) is 6.07 Å². The highest BCUT2D eigenvalue weighted by atomic mass is 35.5. The minimum Gasteiger partial charge on any atom is -0.319 e. The molecule has 0 aliphatic heterocycles. The Morgan fingerprint density at radius 1 is 1.15 bits per heavy atom. The number of aryl methyl sites for hydroxylation is 1. The van der Waals surface area contributed by atoms with Gasteiger partial charge in [-0.25, -0.2) is 8.78 Å². The van der Waals surface area contributed by atoms with Crippen molar-refractivity contribution in [2.24, 2.45) is 0 Å². The molecule has 0 atom stereocenters. The number of benzene rings is 2. The summed E-state index contributed by atoms with van der Waals surface area (Å²) in [5.41, 5.74) is 0.451. The van der Waals surface area contributed by atoms with Crippen LogP contribution in [0, 0.1) is 18.6 Å². The molecule has 20 heavy (non-hydrogen) atoms. The molecule has 0 heterocycles. The second-order valence-electron chi connectivity index (χ2n) is 4.11. The Balaban J connectivity index is 2.38. The molecule has 0 unspecified atom stereocenters. The lowest BCUT2D eigenvalue weighted by molar-refractivity contribution is 0.102. The monoisotopic (exact) mass is 315 g/mol. The molecule has 104 valence electrons. The maximum atomic E-state index is 13.5. The molecule has 0 saturated carbocycles. The van der Waals surface area contributed by atoms with Crippen molar-refractivity contribution in [1.82, 2.24) is 0 Å². The molecule has 6 heteroatoms. The minimum atomic E-state index is -1.22. The van der Waals surface area contributed by atoms with Crippen molar-refractivity contribution in [3.63, 3.8) is 0 Å². The predicted molar refractivity (Wildman–Crippen MR) is 75.5 cm³/mol. The van der Waals surface area contributed by atoms with E-state index in [-0.39, 0.29) is 15.7 Å². The quantitative estimate of drug-likeness (QED) is 0.844. The first kappa shape index (κ1) is 14.8. The van der Waals surface area contributed by atoms with E-state index in [1.807, 2.05) is 0 Å². The smallest absolute Gasteiger partial charge is 0.258 e. The van der Waals surface area contributed by atoms with Gasteiger partial charge < -0.3 is 5.32 Å². The summed E-state index contributed by atoms with van der Waals surface area (Å²) in [6.07, 6.45) is 0. The standard InChI is InChI=1S/C14H9Cl2F2NO/c1-7-5-6-9(15)13(11(7)16)19-14(20)8-3-2-4-10(17)12(8)18/h2-6H,1H3,(H,19,20). The first-order chi connectivity index (χ1) is 9.41. The van der Waals surface area contributed by atoms with E-state index in [1.165, 1.54) is 12.1 Å². The molecular formula is C14H9Cl2F2NO. The maximum Gasteiger partial charge on any atom is 0.258 e. The third kappa shape index (κ3) is 2.76. The minimum absolute atomic E-state index is 0.169. The topological polar surface area (TPSA) is 29.1 Å². The van der Waals surface area contributed by atoms with Crippen molar-refractivity contribution in [2.45, 2.75) is 6.92 Å². The average molecular weight is 316 g/mol. The fraction of sp³-hybridized carbons (Fsp3) is 0.0714. The van der Waals surface area contributed by atoms with Gasteiger partial charge in [-0.05, 0) is 30.7 Å². The molecule has 0 aromatic heterocycles.